The monoisotopic (exact) mass is 540 g/mol. The lowest BCUT2D eigenvalue weighted by Crippen LogP contribution is -2.71. The SMILES string of the molecule is COC1=C(C)C(=O)C2=C(C1=O)C(CNC(=O)C(C)N)N1C(O)C3Cc4c(cc(O)c(OC)c4C)C(C1C2)N3C. The number of carbonyl (C=O) groups excluding carboxylic acids is 3. The Bertz CT molecular complexity index is 1330. The highest BCUT2D eigenvalue weighted by atomic mass is 16.5. The summed E-state index contributed by atoms with van der Waals surface area (Å²) in [5.41, 5.74) is 9.28. The van der Waals surface area contributed by atoms with Gasteiger partial charge in [0.15, 0.2) is 23.0 Å². The van der Waals surface area contributed by atoms with E-state index in [4.69, 9.17) is 15.2 Å². The number of hydrogen-bond acceptors (Lipinski definition) is 10. The van der Waals surface area contributed by atoms with Gasteiger partial charge in [0.1, 0.15) is 6.23 Å². The summed E-state index contributed by atoms with van der Waals surface area (Å²) < 4.78 is 10.8. The van der Waals surface area contributed by atoms with Gasteiger partial charge >= 0.3 is 0 Å². The Hall–Kier alpha value is -3.25. The van der Waals surface area contributed by atoms with Gasteiger partial charge in [-0.25, -0.2) is 0 Å². The van der Waals surface area contributed by atoms with Gasteiger partial charge in [-0.05, 0) is 63.4 Å². The maximum Gasteiger partial charge on any atom is 0.236 e. The minimum absolute atomic E-state index is 0.0159. The second-order valence-corrected chi connectivity index (χ2v) is 10.9. The Kier molecular flexibility index (Phi) is 6.82. The van der Waals surface area contributed by atoms with Crippen LogP contribution in [0.2, 0.25) is 0 Å². The number of nitrogens with two attached hydrogens (primary N) is 1. The van der Waals surface area contributed by atoms with Crippen LogP contribution < -0.4 is 15.8 Å². The third-order valence-electron chi connectivity index (χ3n) is 8.89. The summed E-state index contributed by atoms with van der Waals surface area (Å²) in [4.78, 5) is 43.7. The van der Waals surface area contributed by atoms with Crippen LogP contribution in [-0.2, 0) is 25.5 Å². The van der Waals surface area contributed by atoms with Crippen LogP contribution in [0, 0.1) is 6.92 Å². The zero-order valence-electron chi connectivity index (χ0n) is 23.1. The predicted octanol–water partition coefficient (Wildman–Crippen LogP) is 0.214. The lowest BCUT2D eigenvalue weighted by molar-refractivity contribution is -0.166. The largest absolute Gasteiger partial charge is 0.504 e. The third kappa shape index (κ3) is 3.90. The minimum Gasteiger partial charge on any atom is -0.504 e. The first-order chi connectivity index (χ1) is 18.4. The molecule has 1 saturated heterocycles. The summed E-state index contributed by atoms with van der Waals surface area (Å²) in [5, 5.41) is 25.4. The summed E-state index contributed by atoms with van der Waals surface area (Å²) in [6.45, 7) is 5.00. The summed E-state index contributed by atoms with van der Waals surface area (Å²) in [5.74, 6) is -0.723. The molecule has 5 N–H and O–H groups in total. The molecule has 2 bridgehead atoms. The minimum atomic E-state index is -1.02. The van der Waals surface area contributed by atoms with Crippen LogP contribution >= 0.6 is 0 Å². The molecule has 6 unspecified atom stereocenters. The number of benzene rings is 1. The number of aliphatic hydroxyl groups is 1. The van der Waals surface area contributed by atoms with E-state index in [2.05, 4.69) is 10.2 Å². The number of likely N-dealkylation sites (N-methyl/N-ethyl adjacent to an activating group) is 1. The first kappa shape index (κ1) is 27.3. The van der Waals surface area contributed by atoms with E-state index in [0.717, 1.165) is 16.7 Å². The molecule has 3 aliphatic heterocycles. The number of nitrogens with one attached hydrogen (secondary N) is 1. The first-order valence-electron chi connectivity index (χ1n) is 13.1. The molecule has 4 aliphatic rings. The number of ketones is 2. The normalized spacial score (nSPS) is 29.5. The molecular formula is C28H36N4O7. The molecule has 1 aromatic carbocycles. The third-order valence-corrected chi connectivity index (χ3v) is 8.89. The van der Waals surface area contributed by atoms with Gasteiger partial charge in [-0.3, -0.25) is 24.2 Å². The van der Waals surface area contributed by atoms with Gasteiger partial charge in [0.25, 0.3) is 0 Å². The number of Topliss-reactive ketones (excluding diaryl/α,β-unsaturated/α-hetero) is 2. The average molecular weight is 541 g/mol. The molecule has 1 aromatic rings. The smallest absolute Gasteiger partial charge is 0.236 e. The molecule has 5 rings (SSSR count). The van der Waals surface area contributed by atoms with Crippen LogP contribution in [0.25, 0.3) is 0 Å². The number of carbonyl (C=O) groups is 3. The maximum atomic E-state index is 13.7. The second-order valence-electron chi connectivity index (χ2n) is 10.9. The van der Waals surface area contributed by atoms with Crippen molar-refractivity contribution in [1.29, 1.82) is 0 Å². The van der Waals surface area contributed by atoms with Gasteiger partial charge < -0.3 is 30.7 Å². The van der Waals surface area contributed by atoms with Crippen LogP contribution in [0.4, 0.5) is 0 Å². The summed E-state index contributed by atoms with van der Waals surface area (Å²) >= 11 is 0. The zero-order chi connectivity index (χ0) is 28.5. The van der Waals surface area contributed by atoms with Crippen molar-refractivity contribution in [3.05, 3.63) is 45.2 Å². The standard InChI is InChI=1S/C28H36N4O7/c1-11-14-7-18-28(37)32-17(22(31(18)4)15(14)9-20(33)25(11)38-5)8-16-21(19(32)10-30-27(36)13(3)29)24(35)26(39-6)12(2)23(16)34/h9,13,17-19,22,28,33,37H,7-8,10,29H2,1-6H3,(H,30,36). The van der Waals surface area contributed by atoms with Gasteiger partial charge in [0.2, 0.25) is 11.7 Å². The molecule has 3 heterocycles. The molecule has 39 heavy (non-hydrogen) atoms. The van der Waals surface area contributed by atoms with E-state index in [1.807, 2.05) is 18.9 Å². The number of allylic oxidation sites excluding steroid dienone is 2. The van der Waals surface area contributed by atoms with Crippen molar-refractivity contribution in [3.8, 4) is 11.5 Å². The molecule has 0 spiro atoms. The van der Waals surface area contributed by atoms with Gasteiger partial charge in [0.05, 0.1) is 38.4 Å². The summed E-state index contributed by atoms with van der Waals surface area (Å²) in [6.07, 6.45) is -0.332. The van der Waals surface area contributed by atoms with Crippen molar-refractivity contribution < 1.29 is 34.1 Å². The van der Waals surface area contributed by atoms with E-state index in [9.17, 15) is 24.6 Å². The molecule has 6 atom stereocenters. The molecule has 11 heteroatoms. The number of methoxy groups -OCH3 is 2. The zero-order valence-corrected chi connectivity index (χ0v) is 23.1. The topological polar surface area (TPSA) is 155 Å². The van der Waals surface area contributed by atoms with E-state index in [1.54, 1.807) is 19.9 Å². The second kappa shape index (κ2) is 9.74. The van der Waals surface area contributed by atoms with Crippen molar-refractivity contribution in [3.63, 3.8) is 0 Å². The molecule has 210 valence electrons. The number of fused-ring (bicyclic) bond motifs is 6. The number of hydrogen-bond donors (Lipinski definition) is 4. The van der Waals surface area contributed by atoms with Crippen molar-refractivity contribution in [2.45, 2.75) is 70.0 Å². The van der Waals surface area contributed by atoms with Crippen molar-refractivity contribution in [1.82, 2.24) is 15.1 Å². The summed E-state index contributed by atoms with van der Waals surface area (Å²) in [6, 6.07) is -0.963. The Balaban J connectivity index is 1.68. The lowest BCUT2D eigenvalue weighted by Gasteiger charge is -2.60. The number of aliphatic hydroxyl groups excluding tert-OH is 1. The highest BCUT2D eigenvalue weighted by Gasteiger charge is 2.57. The van der Waals surface area contributed by atoms with Crippen molar-refractivity contribution >= 4 is 17.5 Å². The molecule has 0 aromatic heterocycles. The van der Waals surface area contributed by atoms with Crippen LogP contribution in [0.5, 0.6) is 11.5 Å². The van der Waals surface area contributed by atoms with E-state index in [-0.39, 0.29) is 53.5 Å². The maximum absolute atomic E-state index is 13.7. The fourth-order valence-corrected chi connectivity index (χ4v) is 7.01. The molecule has 0 saturated carbocycles. The number of phenols is 1. The van der Waals surface area contributed by atoms with E-state index >= 15 is 0 Å². The van der Waals surface area contributed by atoms with Gasteiger partial charge in [-0.15, -0.1) is 0 Å². The van der Waals surface area contributed by atoms with E-state index in [0.29, 0.717) is 17.7 Å². The van der Waals surface area contributed by atoms with Crippen molar-refractivity contribution in [2.24, 2.45) is 5.73 Å². The van der Waals surface area contributed by atoms with Gasteiger partial charge in [-0.2, -0.15) is 0 Å². The van der Waals surface area contributed by atoms with Gasteiger partial charge in [0, 0.05) is 29.3 Å². The molecular weight excluding hydrogens is 504 g/mol. The molecule has 1 amide bonds. The molecule has 0 radical (unpaired) electrons. The van der Waals surface area contributed by atoms with Gasteiger partial charge in [-0.1, -0.05) is 0 Å². The highest BCUT2D eigenvalue weighted by Crippen LogP contribution is 2.51. The van der Waals surface area contributed by atoms with Crippen LogP contribution in [-0.4, -0.2) is 95.7 Å². The Labute approximate surface area is 227 Å². The fourth-order valence-electron chi connectivity index (χ4n) is 7.01. The van der Waals surface area contributed by atoms with Crippen LogP contribution in [0.3, 0.4) is 0 Å². The average Bonchev–Trinajstić information content (AvgIpc) is 2.88. The van der Waals surface area contributed by atoms with Crippen LogP contribution in [0.15, 0.2) is 28.5 Å². The Morgan fingerprint density at radius 2 is 1.87 bits per heavy atom. The number of phenolic OH excluding ortho intramolecular Hbond substituents is 1. The lowest BCUT2D eigenvalue weighted by atomic mass is 9.70. The van der Waals surface area contributed by atoms with E-state index in [1.165, 1.54) is 14.2 Å². The molecule has 1 aliphatic carbocycles. The molecule has 1 fully saturated rings. The Morgan fingerprint density at radius 1 is 1.18 bits per heavy atom. The number of nitrogens with zero attached hydrogens (tertiary/aromatic N) is 2. The number of aromatic hydroxyl groups is 1. The number of rotatable bonds is 5. The fraction of sp³-hybridized carbons (Fsp3) is 0.536. The quantitative estimate of drug-likeness (QED) is 0.381. The van der Waals surface area contributed by atoms with Crippen LogP contribution in [0.1, 0.15) is 43.0 Å². The molecule has 11 nitrogen and oxygen atoms in total. The summed E-state index contributed by atoms with van der Waals surface area (Å²) in [7, 11) is 4.78. The number of piperazine rings is 1. The number of amides is 1. The van der Waals surface area contributed by atoms with E-state index < -0.39 is 36.0 Å². The van der Waals surface area contributed by atoms with Crippen molar-refractivity contribution in [2.75, 3.05) is 27.8 Å². The Morgan fingerprint density at radius 3 is 2.49 bits per heavy atom. The first-order valence-corrected chi connectivity index (χ1v) is 13.1. The predicted molar refractivity (Wildman–Crippen MR) is 141 cm³/mol. The highest BCUT2D eigenvalue weighted by molar-refractivity contribution is 6.25. The number of ether oxygens (including phenoxy) is 2.